The van der Waals surface area contributed by atoms with E-state index in [4.69, 9.17) is 4.52 Å². The molecule has 2 bridgehead atoms. The summed E-state index contributed by atoms with van der Waals surface area (Å²) in [6.45, 7) is 8.85. The SMILES string of the molecule is CC(C)(O)c1ccc(-c2cccc(N(CC3CCC4(c5noc(C(C)(C)F)n5)CCCC3C4)C(=O)[C@H]3C[C@@](C)(O)C3)c2)cc1. The summed E-state index contributed by atoms with van der Waals surface area (Å²) in [4.78, 5) is 20.6. The number of fused-ring (bicyclic) bond motifs is 2. The Balaban J connectivity index is 1.26. The average Bonchev–Trinajstić information content (AvgIpc) is 3.48. The van der Waals surface area contributed by atoms with E-state index in [2.05, 4.69) is 16.2 Å². The van der Waals surface area contributed by atoms with Crippen LogP contribution in [0, 0.1) is 17.8 Å². The minimum atomic E-state index is -1.67. The van der Waals surface area contributed by atoms with E-state index in [0.29, 0.717) is 37.0 Å². The van der Waals surface area contributed by atoms with Crippen LogP contribution >= 0.6 is 0 Å². The maximum atomic E-state index is 14.6. The molecule has 1 heterocycles. The Hall–Kier alpha value is -3.10. The van der Waals surface area contributed by atoms with Gasteiger partial charge in [-0.1, -0.05) is 54.4 Å². The standard InChI is InChI=1S/C36H46FN3O4/c1-33(2,37)32-38-31(39-44-32)36-16-7-9-25(21-36)26(15-17-36)22-40(30(41)27-19-35(5,43)20-27)29-10-6-8-24(18-29)23-11-13-28(14-12-23)34(3,4)42/h6,8,10-14,18,25-27,42-43H,7,9,15-17,19-22H2,1-5H3/t25?,26?,27-,35+,36?. The molecule has 3 aromatic rings. The van der Waals surface area contributed by atoms with E-state index in [0.717, 1.165) is 60.9 Å². The number of amides is 1. The molecular weight excluding hydrogens is 557 g/mol. The summed E-state index contributed by atoms with van der Waals surface area (Å²) >= 11 is 0. The second-order valence-electron chi connectivity index (χ2n) is 15.1. The van der Waals surface area contributed by atoms with Crippen molar-refractivity contribution in [3.05, 3.63) is 65.8 Å². The number of carbonyl (C=O) groups excluding carboxylic acids is 1. The van der Waals surface area contributed by atoms with Gasteiger partial charge in [-0.2, -0.15) is 4.98 Å². The lowest BCUT2D eigenvalue weighted by molar-refractivity contribution is -0.136. The van der Waals surface area contributed by atoms with Crippen molar-refractivity contribution >= 4 is 11.6 Å². The number of aromatic nitrogens is 2. The maximum Gasteiger partial charge on any atom is 0.263 e. The summed E-state index contributed by atoms with van der Waals surface area (Å²) in [6, 6.07) is 16.1. The number of halogens is 1. The molecule has 0 spiro atoms. The molecule has 3 aliphatic rings. The van der Waals surface area contributed by atoms with Crippen LogP contribution in [0.25, 0.3) is 11.1 Å². The van der Waals surface area contributed by atoms with E-state index >= 15 is 0 Å². The lowest BCUT2D eigenvalue weighted by Crippen LogP contribution is -2.52. The second-order valence-corrected chi connectivity index (χ2v) is 15.1. The van der Waals surface area contributed by atoms with Gasteiger partial charge in [-0.05, 0) is 114 Å². The van der Waals surface area contributed by atoms with Gasteiger partial charge in [0, 0.05) is 23.6 Å². The van der Waals surface area contributed by atoms with Crippen LogP contribution in [0.2, 0.25) is 0 Å². The minimum absolute atomic E-state index is 0.0360. The zero-order valence-corrected chi connectivity index (χ0v) is 26.6. The molecule has 0 radical (unpaired) electrons. The summed E-state index contributed by atoms with van der Waals surface area (Å²) in [5, 5.41) is 25.1. The summed E-state index contributed by atoms with van der Waals surface area (Å²) in [7, 11) is 0. The number of hydrogen-bond donors (Lipinski definition) is 2. The zero-order valence-electron chi connectivity index (χ0n) is 26.6. The number of hydrogen-bond acceptors (Lipinski definition) is 6. The van der Waals surface area contributed by atoms with Gasteiger partial charge in [0.05, 0.1) is 11.2 Å². The molecule has 44 heavy (non-hydrogen) atoms. The van der Waals surface area contributed by atoms with Crippen LogP contribution in [-0.2, 0) is 21.5 Å². The van der Waals surface area contributed by atoms with Crippen LogP contribution in [0.1, 0.15) is 103 Å². The normalized spacial score (nSPS) is 28.8. The van der Waals surface area contributed by atoms with Crippen molar-refractivity contribution in [1.29, 1.82) is 0 Å². The number of nitrogens with zero attached hydrogens (tertiary/aromatic N) is 3. The molecule has 3 fully saturated rings. The van der Waals surface area contributed by atoms with Crippen LogP contribution in [0.4, 0.5) is 10.1 Å². The van der Waals surface area contributed by atoms with E-state index < -0.39 is 16.9 Å². The molecule has 1 amide bonds. The van der Waals surface area contributed by atoms with Gasteiger partial charge in [0.1, 0.15) is 0 Å². The van der Waals surface area contributed by atoms with Crippen molar-refractivity contribution < 1.29 is 23.9 Å². The number of carbonyl (C=O) groups is 1. The Bertz CT molecular complexity index is 1490. The molecule has 7 nitrogen and oxygen atoms in total. The average molecular weight is 604 g/mol. The van der Waals surface area contributed by atoms with Crippen LogP contribution in [0.15, 0.2) is 53.1 Å². The Morgan fingerprint density at radius 3 is 2.41 bits per heavy atom. The third-order valence-electron chi connectivity index (χ3n) is 10.4. The molecule has 1 aromatic heterocycles. The van der Waals surface area contributed by atoms with E-state index in [9.17, 15) is 19.4 Å². The maximum absolute atomic E-state index is 14.6. The fourth-order valence-electron chi connectivity index (χ4n) is 7.85. The lowest BCUT2D eigenvalue weighted by atomic mass is 9.58. The highest BCUT2D eigenvalue weighted by Gasteiger charge is 2.49. The van der Waals surface area contributed by atoms with Crippen molar-refractivity contribution in [3.63, 3.8) is 0 Å². The van der Waals surface area contributed by atoms with Crippen molar-refractivity contribution in [1.82, 2.24) is 10.1 Å². The zero-order chi connectivity index (χ0) is 31.5. The monoisotopic (exact) mass is 603 g/mol. The number of benzene rings is 2. The Labute approximate surface area is 259 Å². The highest BCUT2D eigenvalue weighted by Crippen LogP contribution is 2.52. The van der Waals surface area contributed by atoms with Crippen molar-refractivity contribution in [2.45, 2.75) is 108 Å². The predicted octanol–water partition coefficient (Wildman–Crippen LogP) is 7.20. The minimum Gasteiger partial charge on any atom is -0.390 e. The first-order valence-electron chi connectivity index (χ1n) is 16.1. The second kappa shape index (κ2) is 11.1. The van der Waals surface area contributed by atoms with Crippen LogP contribution < -0.4 is 4.90 Å². The summed E-state index contributed by atoms with van der Waals surface area (Å²) < 4.78 is 19.9. The first-order valence-corrected chi connectivity index (χ1v) is 16.1. The van der Waals surface area contributed by atoms with E-state index in [1.54, 1.807) is 20.8 Å². The van der Waals surface area contributed by atoms with Gasteiger partial charge in [-0.25, -0.2) is 4.39 Å². The van der Waals surface area contributed by atoms with E-state index in [1.165, 1.54) is 13.8 Å². The number of aliphatic hydroxyl groups is 2. The Morgan fingerprint density at radius 2 is 1.77 bits per heavy atom. The highest BCUT2D eigenvalue weighted by molar-refractivity contribution is 5.96. The molecule has 6 rings (SSSR count). The van der Waals surface area contributed by atoms with Gasteiger partial charge in [0.25, 0.3) is 5.89 Å². The topological polar surface area (TPSA) is 99.7 Å². The number of anilines is 1. The summed E-state index contributed by atoms with van der Waals surface area (Å²) in [6.07, 6.45) is 6.77. The lowest BCUT2D eigenvalue weighted by Gasteiger charge is -2.49. The molecule has 2 aromatic carbocycles. The molecule has 236 valence electrons. The molecule has 2 N–H and O–H groups in total. The van der Waals surface area contributed by atoms with Gasteiger partial charge in [0.15, 0.2) is 11.5 Å². The Kier molecular flexibility index (Phi) is 7.77. The van der Waals surface area contributed by atoms with Gasteiger partial charge in [-0.15, -0.1) is 0 Å². The molecule has 3 aliphatic carbocycles. The van der Waals surface area contributed by atoms with Crippen molar-refractivity contribution in [2.75, 3.05) is 11.4 Å². The first-order chi connectivity index (χ1) is 20.6. The fraction of sp³-hybridized carbons (Fsp3) is 0.583. The molecule has 3 atom stereocenters. The molecule has 3 saturated carbocycles. The van der Waals surface area contributed by atoms with Crippen LogP contribution in [-0.4, -0.2) is 38.4 Å². The summed E-state index contributed by atoms with van der Waals surface area (Å²) in [5.74, 6) is 1.26. The van der Waals surface area contributed by atoms with E-state index in [-0.39, 0.29) is 23.1 Å². The largest absolute Gasteiger partial charge is 0.390 e. The third-order valence-corrected chi connectivity index (χ3v) is 10.4. The predicted molar refractivity (Wildman–Crippen MR) is 168 cm³/mol. The van der Waals surface area contributed by atoms with E-state index in [1.807, 2.05) is 47.4 Å². The quantitative estimate of drug-likeness (QED) is 0.283. The smallest absolute Gasteiger partial charge is 0.263 e. The molecule has 0 aliphatic heterocycles. The molecule has 8 heteroatoms. The van der Waals surface area contributed by atoms with Crippen LogP contribution in [0.5, 0.6) is 0 Å². The highest BCUT2D eigenvalue weighted by atomic mass is 19.1. The summed E-state index contributed by atoms with van der Waals surface area (Å²) in [5.41, 5.74) is 0.150. The van der Waals surface area contributed by atoms with Gasteiger partial charge >= 0.3 is 0 Å². The Morgan fingerprint density at radius 1 is 1.05 bits per heavy atom. The van der Waals surface area contributed by atoms with Gasteiger partial charge < -0.3 is 19.6 Å². The van der Waals surface area contributed by atoms with Gasteiger partial charge in [0.2, 0.25) is 5.91 Å². The first kappa shape index (κ1) is 30.9. The number of alkyl halides is 1. The third kappa shape index (κ3) is 6.08. The van der Waals surface area contributed by atoms with Crippen molar-refractivity contribution in [3.8, 4) is 11.1 Å². The molecular formula is C36H46FN3O4. The van der Waals surface area contributed by atoms with Gasteiger partial charge in [-0.3, -0.25) is 4.79 Å². The van der Waals surface area contributed by atoms with Crippen LogP contribution in [0.3, 0.4) is 0 Å². The molecule has 3 unspecified atom stereocenters. The van der Waals surface area contributed by atoms with Crippen molar-refractivity contribution in [2.24, 2.45) is 17.8 Å². The fourth-order valence-corrected chi connectivity index (χ4v) is 7.85. The number of rotatable bonds is 8. The molecule has 0 saturated heterocycles.